The fourth-order valence-electron chi connectivity index (χ4n) is 3.71. The summed E-state index contributed by atoms with van der Waals surface area (Å²) in [6, 6.07) is 0. The van der Waals surface area contributed by atoms with E-state index in [0.717, 1.165) is 50.4 Å². The van der Waals surface area contributed by atoms with E-state index in [0.29, 0.717) is 11.4 Å². The number of fused-ring (bicyclic) bond motifs is 3. The first-order valence-corrected chi connectivity index (χ1v) is 9.26. The number of hydrogen-bond acceptors (Lipinski definition) is 6. The summed E-state index contributed by atoms with van der Waals surface area (Å²) in [4.78, 5) is 15.5. The lowest BCUT2D eigenvalue weighted by Gasteiger charge is -2.33. The van der Waals surface area contributed by atoms with Gasteiger partial charge in [0.25, 0.3) is 0 Å². The van der Waals surface area contributed by atoms with Crippen LogP contribution in [0, 0.1) is 5.41 Å². The molecule has 0 radical (unpaired) electrons. The van der Waals surface area contributed by atoms with Crippen LogP contribution in [0.15, 0.2) is 0 Å². The third-order valence-corrected chi connectivity index (χ3v) is 6.48. The van der Waals surface area contributed by atoms with Gasteiger partial charge in [0.1, 0.15) is 0 Å². The summed E-state index contributed by atoms with van der Waals surface area (Å²) in [5.41, 5.74) is 8.95. The van der Waals surface area contributed by atoms with Crippen LogP contribution in [-0.4, -0.2) is 48.1 Å². The minimum Gasteiger partial charge on any atom is -0.368 e. The highest BCUT2D eigenvalue weighted by Gasteiger charge is 2.31. The lowest BCUT2D eigenvalue weighted by molar-refractivity contribution is 0.312. The van der Waals surface area contributed by atoms with Gasteiger partial charge in [0, 0.05) is 31.1 Å². The number of nitrogen functional groups attached to an aromatic ring is 1. The van der Waals surface area contributed by atoms with Crippen molar-refractivity contribution >= 4 is 33.3 Å². The maximum atomic E-state index is 6.06. The molecule has 0 bridgehead atoms. The zero-order valence-electron chi connectivity index (χ0n) is 14.2. The van der Waals surface area contributed by atoms with Gasteiger partial charge in [-0.05, 0) is 37.3 Å². The molecular formula is C17H25N5S. The summed E-state index contributed by atoms with van der Waals surface area (Å²) < 4.78 is 1.24. The fourth-order valence-corrected chi connectivity index (χ4v) is 4.98. The number of hydrogen-bond donors (Lipinski definition) is 1. The minimum atomic E-state index is 0.356. The predicted octanol–water partition coefficient (Wildman–Crippen LogP) is 2.54. The Morgan fingerprint density at radius 1 is 1.13 bits per heavy atom. The summed E-state index contributed by atoms with van der Waals surface area (Å²) in [7, 11) is 2.17. The lowest BCUT2D eigenvalue weighted by Crippen LogP contribution is -2.44. The van der Waals surface area contributed by atoms with Gasteiger partial charge < -0.3 is 15.5 Å². The van der Waals surface area contributed by atoms with E-state index in [2.05, 4.69) is 40.7 Å². The number of anilines is 2. The molecule has 2 N–H and O–H groups in total. The Morgan fingerprint density at radius 3 is 2.61 bits per heavy atom. The molecule has 0 amide bonds. The third-order valence-electron chi connectivity index (χ3n) is 5.20. The Hall–Kier alpha value is -1.40. The van der Waals surface area contributed by atoms with Crippen molar-refractivity contribution in [3.8, 4) is 0 Å². The number of piperazine rings is 1. The van der Waals surface area contributed by atoms with Gasteiger partial charge in [-0.3, -0.25) is 0 Å². The molecule has 0 unspecified atom stereocenters. The summed E-state index contributed by atoms with van der Waals surface area (Å²) >= 11 is 1.89. The minimum absolute atomic E-state index is 0.356. The lowest BCUT2D eigenvalue weighted by atomic mass is 9.77. The van der Waals surface area contributed by atoms with Gasteiger partial charge in [0.15, 0.2) is 5.82 Å². The van der Waals surface area contributed by atoms with Gasteiger partial charge in [-0.15, -0.1) is 11.3 Å². The van der Waals surface area contributed by atoms with Crippen LogP contribution in [0.1, 0.15) is 30.7 Å². The van der Waals surface area contributed by atoms with Gasteiger partial charge >= 0.3 is 0 Å². The van der Waals surface area contributed by atoms with Crippen molar-refractivity contribution in [2.45, 2.75) is 33.1 Å². The van der Waals surface area contributed by atoms with Crippen LogP contribution in [0.5, 0.6) is 0 Å². The smallest absolute Gasteiger partial charge is 0.222 e. The summed E-state index contributed by atoms with van der Waals surface area (Å²) in [5, 5.41) is 0. The summed E-state index contributed by atoms with van der Waals surface area (Å²) in [6.45, 7) is 8.87. The van der Waals surface area contributed by atoms with Gasteiger partial charge in [-0.1, -0.05) is 13.8 Å². The molecule has 0 spiro atoms. The number of thiophene rings is 1. The fraction of sp³-hybridized carbons (Fsp3) is 0.647. The van der Waals surface area contributed by atoms with Crippen molar-refractivity contribution in [3.63, 3.8) is 0 Å². The van der Waals surface area contributed by atoms with Crippen LogP contribution in [0.4, 0.5) is 11.8 Å². The molecule has 124 valence electrons. The first kappa shape index (κ1) is 15.1. The van der Waals surface area contributed by atoms with Crippen LogP contribution >= 0.6 is 11.3 Å². The first-order valence-electron chi connectivity index (χ1n) is 8.44. The molecule has 4 rings (SSSR count). The highest BCUT2D eigenvalue weighted by atomic mass is 32.1. The van der Waals surface area contributed by atoms with E-state index in [4.69, 9.17) is 5.73 Å². The average Bonchev–Trinajstić information content (AvgIpc) is 2.84. The Morgan fingerprint density at radius 2 is 1.87 bits per heavy atom. The van der Waals surface area contributed by atoms with Crippen LogP contribution in [0.3, 0.4) is 0 Å². The molecule has 23 heavy (non-hydrogen) atoms. The number of likely N-dealkylation sites (N-methyl/N-ethyl adjacent to an activating group) is 1. The number of aromatic nitrogens is 2. The maximum Gasteiger partial charge on any atom is 0.222 e. The van der Waals surface area contributed by atoms with Crippen molar-refractivity contribution in [2.75, 3.05) is 43.9 Å². The topological polar surface area (TPSA) is 58.3 Å². The highest BCUT2D eigenvalue weighted by Crippen LogP contribution is 2.44. The largest absolute Gasteiger partial charge is 0.368 e. The van der Waals surface area contributed by atoms with E-state index < -0.39 is 0 Å². The van der Waals surface area contributed by atoms with E-state index in [1.807, 2.05) is 11.3 Å². The van der Waals surface area contributed by atoms with E-state index in [1.54, 1.807) is 0 Å². The van der Waals surface area contributed by atoms with Crippen LogP contribution in [0.25, 0.3) is 10.2 Å². The molecule has 5 nitrogen and oxygen atoms in total. The Balaban J connectivity index is 1.82. The van der Waals surface area contributed by atoms with Gasteiger partial charge in [-0.2, -0.15) is 4.98 Å². The SMILES string of the molecule is CN1CCN(c2nc(N)nc3c4c(sc23)CCC(C)(C)C4)CC1. The molecule has 1 aliphatic heterocycles. The molecule has 1 fully saturated rings. The standard InChI is InChI=1S/C17H25N5S/c1-17(2)5-4-12-11(10-17)13-14(23-12)15(20-16(18)19-13)22-8-6-21(3)7-9-22/h4-10H2,1-3H3,(H2,18,19,20). The highest BCUT2D eigenvalue weighted by molar-refractivity contribution is 7.19. The molecule has 0 aromatic carbocycles. The maximum absolute atomic E-state index is 6.06. The van der Waals surface area contributed by atoms with Gasteiger partial charge in [0.2, 0.25) is 5.95 Å². The van der Waals surface area contributed by atoms with Crippen molar-refractivity contribution < 1.29 is 0 Å². The molecule has 0 atom stereocenters. The van der Waals surface area contributed by atoms with Crippen LogP contribution in [0.2, 0.25) is 0 Å². The second-order valence-corrected chi connectivity index (χ2v) is 8.82. The zero-order valence-corrected chi connectivity index (χ0v) is 15.0. The van der Waals surface area contributed by atoms with Crippen molar-refractivity contribution in [3.05, 3.63) is 10.4 Å². The number of nitrogens with two attached hydrogens (primary N) is 1. The van der Waals surface area contributed by atoms with Gasteiger partial charge in [-0.25, -0.2) is 4.98 Å². The summed E-state index contributed by atoms with van der Waals surface area (Å²) in [6.07, 6.45) is 3.51. The third kappa shape index (κ3) is 2.68. The Bertz CT molecular complexity index is 743. The van der Waals surface area contributed by atoms with Gasteiger partial charge in [0.05, 0.1) is 10.2 Å². The zero-order chi connectivity index (χ0) is 16.2. The molecule has 2 aromatic heterocycles. The number of rotatable bonds is 1. The summed E-state index contributed by atoms with van der Waals surface area (Å²) in [5.74, 6) is 1.47. The quantitative estimate of drug-likeness (QED) is 0.870. The molecule has 1 saturated heterocycles. The number of aryl methyl sites for hydroxylation is 1. The molecule has 2 aromatic rings. The second kappa shape index (κ2) is 5.31. The number of nitrogens with zero attached hydrogens (tertiary/aromatic N) is 4. The van der Waals surface area contributed by atoms with E-state index >= 15 is 0 Å². The Kier molecular flexibility index (Phi) is 3.50. The molecular weight excluding hydrogens is 306 g/mol. The monoisotopic (exact) mass is 331 g/mol. The normalized spacial score (nSPS) is 21.6. The van der Waals surface area contributed by atoms with Crippen molar-refractivity contribution in [1.29, 1.82) is 0 Å². The molecule has 2 aliphatic rings. The van der Waals surface area contributed by atoms with Crippen molar-refractivity contribution in [1.82, 2.24) is 14.9 Å². The second-order valence-electron chi connectivity index (χ2n) is 7.72. The van der Waals surface area contributed by atoms with E-state index in [9.17, 15) is 0 Å². The average molecular weight is 331 g/mol. The van der Waals surface area contributed by atoms with Crippen LogP contribution in [-0.2, 0) is 12.8 Å². The predicted molar refractivity (Wildman–Crippen MR) is 97.3 cm³/mol. The molecule has 1 aliphatic carbocycles. The molecule has 0 saturated carbocycles. The van der Waals surface area contributed by atoms with E-state index in [1.165, 1.54) is 21.6 Å². The molecule has 6 heteroatoms. The van der Waals surface area contributed by atoms with Crippen LogP contribution < -0.4 is 10.6 Å². The Labute approximate surface area is 141 Å². The van der Waals surface area contributed by atoms with Crippen molar-refractivity contribution in [2.24, 2.45) is 5.41 Å². The first-order chi connectivity index (χ1) is 10.9. The molecule has 3 heterocycles. The van der Waals surface area contributed by atoms with E-state index in [-0.39, 0.29) is 0 Å².